The van der Waals surface area contributed by atoms with Crippen molar-refractivity contribution in [1.82, 2.24) is 5.32 Å². The van der Waals surface area contributed by atoms with Crippen LogP contribution >= 0.6 is 0 Å². The summed E-state index contributed by atoms with van der Waals surface area (Å²) < 4.78 is 5.48. The Morgan fingerprint density at radius 3 is 0.930 bits per heavy atom. The Balaban J connectivity index is 3.37. The van der Waals surface area contributed by atoms with Crippen LogP contribution in [0.5, 0.6) is 0 Å². The molecule has 0 fully saturated rings. The highest BCUT2D eigenvalue weighted by atomic mass is 16.5. The number of esters is 1. The first-order valence-corrected chi connectivity index (χ1v) is 38.9. The fourth-order valence-electron chi connectivity index (χ4n) is 12.2. The molecule has 0 aliphatic carbocycles. The Kier molecular flexibility index (Phi) is 73.4. The zero-order valence-corrected chi connectivity index (χ0v) is 58.1. The Labute approximate surface area is 537 Å². The van der Waals surface area contributed by atoms with Crippen LogP contribution in [-0.2, 0) is 14.3 Å². The van der Waals surface area contributed by atoms with Gasteiger partial charge in [0, 0.05) is 12.8 Å². The van der Waals surface area contributed by atoms with Crippen LogP contribution in [0, 0.1) is 0 Å². The number of hydrogen-bond donors (Lipinski definition) is 3. The number of hydrogen-bond acceptors (Lipinski definition) is 5. The van der Waals surface area contributed by atoms with Crippen LogP contribution in [-0.4, -0.2) is 47.4 Å². The fourth-order valence-corrected chi connectivity index (χ4v) is 12.2. The van der Waals surface area contributed by atoms with Gasteiger partial charge < -0.3 is 20.3 Å². The van der Waals surface area contributed by atoms with Gasteiger partial charge in [0.05, 0.1) is 25.4 Å². The van der Waals surface area contributed by atoms with Gasteiger partial charge in [-0.2, -0.15) is 0 Å². The monoisotopic (exact) mass is 1210 g/mol. The summed E-state index contributed by atoms with van der Waals surface area (Å²) in [7, 11) is 0. The van der Waals surface area contributed by atoms with Gasteiger partial charge in [-0.25, -0.2) is 0 Å². The van der Waals surface area contributed by atoms with Gasteiger partial charge in [0.2, 0.25) is 5.91 Å². The van der Waals surface area contributed by atoms with E-state index in [2.05, 4.69) is 67.8 Å². The molecule has 0 aromatic rings. The summed E-state index contributed by atoms with van der Waals surface area (Å²) in [6, 6.07) is -0.540. The average molecular weight is 1210 g/mol. The van der Waals surface area contributed by atoms with Crippen molar-refractivity contribution in [1.29, 1.82) is 0 Å². The molecule has 0 saturated carbocycles. The summed E-state index contributed by atoms with van der Waals surface area (Å²) in [4.78, 5) is 24.6. The Hall–Kier alpha value is -2.18. The minimum absolute atomic E-state index is 0.00358. The molecule has 2 unspecified atom stereocenters. The van der Waals surface area contributed by atoms with Crippen molar-refractivity contribution in [3.05, 3.63) is 48.6 Å². The maximum absolute atomic E-state index is 12.6. The number of amides is 1. The molecular formula is C80H151NO5. The SMILES string of the molecule is CCC/C=C\C/C=C\CCCCCCCC(=O)OCCCCCCCCCCCCCCC/C=C\C/C=C\CCCCCCCCCCCCCCCCCCCC(=O)NC(CO)C(O)CCCCCCCCCCCCCCCCCCCCC. The summed E-state index contributed by atoms with van der Waals surface area (Å²) in [6.45, 7) is 4.92. The number of aliphatic hydroxyl groups excluding tert-OH is 2. The normalized spacial score (nSPS) is 12.7. The first-order chi connectivity index (χ1) is 42.5. The molecule has 3 N–H and O–H groups in total. The van der Waals surface area contributed by atoms with E-state index < -0.39 is 12.1 Å². The highest BCUT2D eigenvalue weighted by Gasteiger charge is 2.20. The highest BCUT2D eigenvalue weighted by molar-refractivity contribution is 5.76. The van der Waals surface area contributed by atoms with Gasteiger partial charge in [-0.1, -0.05) is 377 Å². The number of ether oxygens (including phenoxy) is 1. The van der Waals surface area contributed by atoms with Gasteiger partial charge in [-0.05, 0) is 83.5 Å². The Morgan fingerprint density at radius 2 is 0.605 bits per heavy atom. The van der Waals surface area contributed by atoms with Gasteiger partial charge in [0.25, 0.3) is 0 Å². The molecule has 0 aromatic carbocycles. The molecule has 0 aromatic heterocycles. The van der Waals surface area contributed by atoms with Crippen molar-refractivity contribution in [2.24, 2.45) is 0 Å². The fraction of sp³-hybridized carbons (Fsp3) is 0.875. The zero-order valence-electron chi connectivity index (χ0n) is 58.1. The standard InChI is InChI=1S/C80H151NO5/c1-3-5-7-9-11-13-15-17-18-19-39-42-45-49-52-56-60-64-68-72-78(83)77(76-82)81-79(84)73-69-65-61-57-53-50-46-43-40-37-35-33-31-29-27-25-23-21-20-22-24-26-28-30-32-34-36-38-41-44-47-51-55-59-63-67-71-75-86-80(85)74-70-66-62-58-54-48-16-14-12-10-8-6-4-2/h8,10,14,16,20,22,26,28,77-78,82-83H,3-7,9,11-13,15,17-19,21,23-25,27,29-76H2,1-2H3,(H,81,84)/b10-8-,16-14-,22-20-,28-26-. The lowest BCUT2D eigenvalue weighted by Gasteiger charge is -2.22. The minimum atomic E-state index is -0.663. The second-order valence-electron chi connectivity index (χ2n) is 26.7. The zero-order chi connectivity index (χ0) is 62.0. The van der Waals surface area contributed by atoms with E-state index in [1.54, 1.807) is 0 Å². The van der Waals surface area contributed by atoms with Gasteiger partial charge in [-0.15, -0.1) is 0 Å². The number of unbranched alkanes of at least 4 members (excludes halogenated alkanes) is 54. The molecule has 0 rings (SSSR count). The highest BCUT2D eigenvalue weighted by Crippen LogP contribution is 2.19. The molecule has 0 aliphatic rings. The van der Waals surface area contributed by atoms with Crippen molar-refractivity contribution >= 4 is 11.9 Å². The lowest BCUT2D eigenvalue weighted by molar-refractivity contribution is -0.143. The predicted molar refractivity (Wildman–Crippen MR) is 379 cm³/mol. The smallest absolute Gasteiger partial charge is 0.305 e. The van der Waals surface area contributed by atoms with Crippen LogP contribution in [0.2, 0.25) is 0 Å². The molecule has 0 heterocycles. The quantitative estimate of drug-likeness (QED) is 0.0320. The van der Waals surface area contributed by atoms with Gasteiger partial charge >= 0.3 is 5.97 Å². The number of aliphatic hydroxyl groups is 2. The van der Waals surface area contributed by atoms with E-state index in [9.17, 15) is 19.8 Å². The molecule has 0 bridgehead atoms. The summed E-state index contributed by atoms with van der Waals surface area (Å²) in [6.07, 6.45) is 99.1. The summed E-state index contributed by atoms with van der Waals surface area (Å²) in [5.74, 6) is -0.0246. The maximum Gasteiger partial charge on any atom is 0.305 e. The first kappa shape index (κ1) is 83.8. The minimum Gasteiger partial charge on any atom is -0.466 e. The topological polar surface area (TPSA) is 95.9 Å². The third kappa shape index (κ3) is 70.9. The lowest BCUT2D eigenvalue weighted by Crippen LogP contribution is -2.45. The predicted octanol–water partition coefficient (Wildman–Crippen LogP) is 25.6. The van der Waals surface area contributed by atoms with Crippen molar-refractivity contribution in [3.63, 3.8) is 0 Å². The number of carbonyl (C=O) groups excluding carboxylic acids is 2. The number of nitrogens with one attached hydrogen (secondary N) is 1. The Morgan fingerprint density at radius 1 is 0.326 bits per heavy atom. The van der Waals surface area contributed by atoms with Crippen LogP contribution in [0.4, 0.5) is 0 Å². The molecule has 506 valence electrons. The van der Waals surface area contributed by atoms with E-state index in [1.165, 1.54) is 334 Å². The van der Waals surface area contributed by atoms with Crippen LogP contribution in [0.1, 0.15) is 425 Å². The van der Waals surface area contributed by atoms with E-state index in [0.29, 0.717) is 25.9 Å². The lowest BCUT2D eigenvalue weighted by atomic mass is 10.0. The van der Waals surface area contributed by atoms with Crippen molar-refractivity contribution in [2.75, 3.05) is 13.2 Å². The van der Waals surface area contributed by atoms with Crippen molar-refractivity contribution in [3.8, 4) is 0 Å². The van der Waals surface area contributed by atoms with Gasteiger partial charge in [0.15, 0.2) is 0 Å². The molecule has 0 aliphatic heterocycles. The summed E-state index contributed by atoms with van der Waals surface area (Å²) >= 11 is 0. The van der Waals surface area contributed by atoms with Gasteiger partial charge in [0.1, 0.15) is 0 Å². The van der Waals surface area contributed by atoms with E-state index >= 15 is 0 Å². The third-order valence-corrected chi connectivity index (χ3v) is 18.1. The van der Waals surface area contributed by atoms with Crippen molar-refractivity contribution in [2.45, 2.75) is 437 Å². The third-order valence-electron chi connectivity index (χ3n) is 18.1. The van der Waals surface area contributed by atoms with E-state index in [1.807, 2.05) is 0 Å². The van der Waals surface area contributed by atoms with E-state index in [-0.39, 0.29) is 18.5 Å². The van der Waals surface area contributed by atoms with Crippen molar-refractivity contribution < 1.29 is 24.5 Å². The second kappa shape index (κ2) is 75.3. The van der Waals surface area contributed by atoms with E-state index in [4.69, 9.17) is 4.74 Å². The molecule has 6 nitrogen and oxygen atoms in total. The number of allylic oxidation sites excluding steroid dienone is 8. The average Bonchev–Trinajstić information content (AvgIpc) is 3.55. The van der Waals surface area contributed by atoms with E-state index in [0.717, 1.165) is 57.8 Å². The number of rotatable bonds is 73. The molecule has 2 atom stereocenters. The maximum atomic E-state index is 12.6. The molecule has 6 heteroatoms. The second-order valence-corrected chi connectivity index (χ2v) is 26.7. The molecular weight excluding hydrogens is 1050 g/mol. The summed E-state index contributed by atoms with van der Waals surface area (Å²) in [5.41, 5.74) is 0. The van der Waals surface area contributed by atoms with Gasteiger partial charge in [-0.3, -0.25) is 9.59 Å². The van der Waals surface area contributed by atoms with Crippen LogP contribution in [0.3, 0.4) is 0 Å². The molecule has 86 heavy (non-hydrogen) atoms. The molecule has 0 radical (unpaired) electrons. The van der Waals surface area contributed by atoms with Crippen LogP contribution < -0.4 is 5.32 Å². The first-order valence-electron chi connectivity index (χ1n) is 38.9. The molecule has 1 amide bonds. The summed E-state index contributed by atoms with van der Waals surface area (Å²) in [5, 5.41) is 23.4. The number of carbonyl (C=O) groups is 2. The Bertz CT molecular complexity index is 1440. The molecule has 0 saturated heterocycles. The van der Waals surface area contributed by atoms with Crippen LogP contribution in [0.15, 0.2) is 48.6 Å². The molecule has 0 spiro atoms. The van der Waals surface area contributed by atoms with Crippen LogP contribution in [0.25, 0.3) is 0 Å². The largest absolute Gasteiger partial charge is 0.466 e.